The molecule has 1 heterocycles. The zero-order valence-corrected chi connectivity index (χ0v) is 10.7. The SMILES string of the molecule is CCc1ccsc1CNCCOC(C)C. The lowest BCUT2D eigenvalue weighted by molar-refractivity contribution is 0.0807. The fourth-order valence-corrected chi connectivity index (χ4v) is 2.35. The highest BCUT2D eigenvalue weighted by atomic mass is 32.1. The van der Waals surface area contributed by atoms with Gasteiger partial charge in [-0.15, -0.1) is 11.3 Å². The van der Waals surface area contributed by atoms with Gasteiger partial charge in [-0.05, 0) is 37.3 Å². The van der Waals surface area contributed by atoms with E-state index < -0.39 is 0 Å². The van der Waals surface area contributed by atoms with Crippen molar-refractivity contribution in [3.8, 4) is 0 Å². The Bertz CT molecular complexity index is 270. The summed E-state index contributed by atoms with van der Waals surface area (Å²) in [6, 6.07) is 2.21. The van der Waals surface area contributed by atoms with E-state index in [1.807, 2.05) is 11.3 Å². The van der Waals surface area contributed by atoms with Crippen LogP contribution in [-0.4, -0.2) is 19.3 Å². The molecule has 0 aliphatic carbocycles. The van der Waals surface area contributed by atoms with Crippen molar-refractivity contribution in [2.24, 2.45) is 0 Å². The minimum Gasteiger partial charge on any atom is -0.377 e. The summed E-state index contributed by atoms with van der Waals surface area (Å²) in [6.07, 6.45) is 1.46. The topological polar surface area (TPSA) is 21.3 Å². The third-order valence-corrected chi connectivity index (χ3v) is 3.20. The van der Waals surface area contributed by atoms with Crippen molar-refractivity contribution in [2.75, 3.05) is 13.2 Å². The second kappa shape index (κ2) is 6.99. The van der Waals surface area contributed by atoms with E-state index in [0.29, 0.717) is 6.10 Å². The molecule has 0 aromatic carbocycles. The Kier molecular flexibility index (Phi) is 5.91. The van der Waals surface area contributed by atoms with Crippen molar-refractivity contribution in [1.82, 2.24) is 5.32 Å². The van der Waals surface area contributed by atoms with Crippen molar-refractivity contribution in [2.45, 2.75) is 39.8 Å². The molecule has 0 fully saturated rings. The Morgan fingerprint density at radius 3 is 2.93 bits per heavy atom. The number of ether oxygens (including phenoxy) is 1. The van der Waals surface area contributed by atoms with Crippen molar-refractivity contribution >= 4 is 11.3 Å². The molecule has 0 atom stereocenters. The van der Waals surface area contributed by atoms with Crippen LogP contribution in [-0.2, 0) is 17.7 Å². The van der Waals surface area contributed by atoms with E-state index in [0.717, 1.165) is 26.1 Å². The molecule has 1 rings (SSSR count). The molecule has 0 spiro atoms. The Labute approximate surface area is 96.7 Å². The number of rotatable bonds is 7. The van der Waals surface area contributed by atoms with E-state index in [1.54, 1.807) is 0 Å². The second-order valence-corrected chi connectivity index (χ2v) is 4.82. The number of thiophene rings is 1. The van der Waals surface area contributed by atoms with Crippen LogP contribution in [0.1, 0.15) is 31.2 Å². The van der Waals surface area contributed by atoms with Gasteiger partial charge in [0.1, 0.15) is 0 Å². The summed E-state index contributed by atoms with van der Waals surface area (Å²) in [6.45, 7) is 9.03. The van der Waals surface area contributed by atoms with Crippen LogP contribution in [0.25, 0.3) is 0 Å². The van der Waals surface area contributed by atoms with Crippen LogP contribution >= 0.6 is 11.3 Å². The van der Waals surface area contributed by atoms with E-state index in [1.165, 1.54) is 10.4 Å². The molecule has 0 amide bonds. The predicted octanol–water partition coefficient (Wildman–Crippen LogP) is 2.83. The van der Waals surface area contributed by atoms with Crippen LogP contribution in [0.3, 0.4) is 0 Å². The molecule has 0 saturated heterocycles. The van der Waals surface area contributed by atoms with Gasteiger partial charge in [0.25, 0.3) is 0 Å². The maximum atomic E-state index is 5.46. The van der Waals surface area contributed by atoms with E-state index in [-0.39, 0.29) is 0 Å². The van der Waals surface area contributed by atoms with Gasteiger partial charge in [-0.2, -0.15) is 0 Å². The second-order valence-electron chi connectivity index (χ2n) is 3.82. The normalized spacial score (nSPS) is 11.2. The summed E-state index contributed by atoms with van der Waals surface area (Å²) in [7, 11) is 0. The fourth-order valence-electron chi connectivity index (χ4n) is 1.41. The maximum Gasteiger partial charge on any atom is 0.0594 e. The minimum absolute atomic E-state index is 0.333. The third-order valence-electron chi connectivity index (χ3n) is 2.23. The van der Waals surface area contributed by atoms with Crippen LogP contribution in [0.4, 0.5) is 0 Å². The molecule has 0 aliphatic heterocycles. The van der Waals surface area contributed by atoms with Crippen LogP contribution < -0.4 is 5.32 Å². The van der Waals surface area contributed by atoms with Gasteiger partial charge in [-0.25, -0.2) is 0 Å². The van der Waals surface area contributed by atoms with E-state index in [2.05, 4.69) is 37.5 Å². The standard InChI is InChI=1S/C12H21NOS/c1-4-11-5-8-15-12(11)9-13-6-7-14-10(2)3/h5,8,10,13H,4,6-7,9H2,1-3H3. The van der Waals surface area contributed by atoms with Gasteiger partial charge < -0.3 is 10.1 Å². The fraction of sp³-hybridized carbons (Fsp3) is 0.667. The number of hydrogen-bond donors (Lipinski definition) is 1. The van der Waals surface area contributed by atoms with Crippen molar-refractivity contribution in [1.29, 1.82) is 0 Å². The van der Waals surface area contributed by atoms with Gasteiger partial charge in [0.15, 0.2) is 0 Å². The Morgan fingerprint density at radius 1 is 1.47 bits per heavy atom. The summed E-state index contributed by atoms with van der Waals surface area (Å²) >= 11 is 1.84. The van der Waals surface area contributed by atoms with Gasteiger partial charge in [0.2, 0.25) is 0 Å². The lowest BCUT2D eigenvalue weighted by Crippen LogP contribution is -2.20. The van der Waals surface area contributed by atoms with Crippen LogP contribution in [0.5, 0.6) is 0 Å². The van der Waals surface area contributed by atoms with E-state index in [9.17, 15) is 0 Å². The number of nitrogens with one attached hydrogen (secondary N) is 1. The molecule has 0 aliphatic rings. The van der Waals surface area contributed by atoms with Gasteiger partial charge in [0.05, 0.1) is 12.7 Å². The monoisotopic (exact) mass is 227 g/mol. The van der Waals surface area contributed by atoms with Crippen molar-refractivity contribution < 1.29 is 4.74 Å². The molecule has 2 nitrogen and oxygen atoms in total. The summed E-state index contributed by atoms with van der Waals surface area (Å²) in [5.74, 6) is 0. The predicted molar refractivity (Wildman–Crippen MR) is 66.5 cm³/mol. The molecule has 15 heavy (non-hydrogen) atoms. The summed E-state index contributed by atoms with van der Waals surface area (Å²) < 4.78 is 5.46. The first-order valence-corrected chi connectivity index (χ1v) is 6.49. The molecule has 3 heteroatoms. The number of aryl methyl sites for hydroxylation is 1. The van der Waals surface area contributed by atoms with Gasteiger partial charge in [0, 0.05) is 18.0 Å². The zero-order chi connectivity index (χ0) is 11.1. The average molecular weight is 227 g/mol. The average Bonchev–Trinajstić information content (AvgIpc) is 2.64. The highest BCUT2D eigenvalue weighted by molar-refractivity contribution is 7.10. The molecular formula is C12H21NOS. The molecule has 0 saturated carbocycles. The van der Waals surface area contributed by atoms with Crippen LogP contribution in [0.15, 0.2) is 11.4 Å². The minimum atomic E-state index is 0.333. The molecular weight excluding hydrogens is 206 g/mol. The maximum absolute atomic E-state index is 5.46. The quantitative estimate of drug-likeness (QED) is 0.723. The Hall–Kier alpha value is -0.380. The molecule has 1 N–H and O–H groups in total. The highest BCUT2D eigenvalue weighted by Gasteiger charge is 2.01. The summed E-state index contributed by atoms with van der Waals surface area (Å²) in [4.78, 5) is 1.46. The Balaban J connectivity index is 2.15. The molecule has 1 aromatic rings. The van der Waals surface area contributed by atoms with Gasteiger partial charge in [-0.3, -0.25) is 0 Å². The first-order valence-electron chi connectivity index (χ1n) is 5.61. The summed E-state index contributed by atoms with van der Waals surface area (Å²) in [5.41, 5.74) is 1.47. The molecule has 0 unspecified atom stereocenters. The van der Waals surface area contributed by atoms with Gasteiger partial charge in [-0.1, -0.05) is 6.92 Å². The zero-order valence-electron chi connectivity index (χ0n) is 9.88. The molecule has 86 valence electrons. The van der Waals surface area contributed by atoms with Crippen molar-refractivity contribution in [3.63, 3.8) is 0 Å². The van der Waals surface area contributed by atoms with Gasteiger partial charge >= 0.3 is 0 Å². The lowest BCUT2D eigenvalue weighted by atomic mass is 10.2. The van der Waals surface area contributed by atoms with Crippen molar-refractivity contribution in [3.05, 3.63) is 21.9 Å². The van der Waals surface area contributed by atoms with Crippen LogP contribution in [0, 0.1) is 0 Å². The molecule has 1 aromatic heterocycles. The first-order chi connectivity index (χ1) is 7.24. The third kappa shape index (κ3) is 4.78. The molecule has 0 bridgehead atoms. The molecule has 0 radical (unpaired) electrons. The Morgan fingerprint density at radius 2 is 2.27 bits per heavy atom. The largest absolute Gasteiger partial charge is 0.377 e. The lowest BCUT2D eigenvalue weighted by Gasteiger charge is -2.08. The number of hydrogen-bond acceptors (Lipinski definition) is 3. The van der Waals surface area contributed by atoms with E-state index in [4.69, 9.17) is 4.74 Å². The highest BCUT2D eigenvalue weighted by Crippen LogP contribution is 2.16. The smallest absolute Gasteiger partial charge is 0.0594 e. The van der Waals surface area contributed by atoms with E-state index >= 15 is 0 Å². The first kappa shape index (κ1) is 12.7. The summed E-state index contributed by atoms with van der Waals surface area (Å²) in [5, 5.41) is 5.57. The van der Waals surface area contributed by atoms with Crippen LogP contribution in [0.2, 0.25) is 0 Å².